The van der Waals surface area contributed by atoms with Crippen LogP contribution in [0.15, 0.2) is 24.9 Å². The average Bonchev–Trinajstić information content (AvgIpc) is 2.87. The molecule has 16 heavy (non-hydrogen) atoms. The summed E-state index contributed by atoms with van der Waals surface area (Å²) >= 11 is 0. The van der Waals surface area contributed by atoms with Crippen LogP contribution in [0, 0.1) is 0 Å². The van der Waals surface area contributed by atoms with Crippen molar-refractivity contribution in [1.29, 1.82) is 0 Å². The van der Waals surface area contributed by atoms with Crippen molar-refractivity contribution < 1.29 is 5.11 Å². The molecule has 0 radical (unpaired) electrons. The van der Waals surface area contributed by atoms with Crippen LogP contribution in [0.3, 0.4) is 0 Å². The van der Waals surface area contributed by atoms with Crippen molar-refractivity contribution >= 4 is 0 Å². The third-order valence-electron chi connectivity index (χ3n) is 2.53. The molecule has 1 N–H and O–H groups in total. The van der Waals surface area contributed by atoms with Crippen LogP contribution < -0.4 is 0 Å². The summed E-state index contributed by atoms with van der Waals surface area (Å²) in [7, 11) is 1.83. The molecular weight excluding hydrogens is 204 g/mol. The van der Waals surface area contributed by atoms with E-state index in [1.165, 1.54) is 0 Å². The van der Waals surface area contributed by atoms with Gasteiger partial charge in [-0.3, -0.25) is 4.68 Å². The van der Waals surface area contributed by atoms with Gasteiger partial charge in [0.15, 0.2) is 0 Å². The maximum atomic E-state index is 10.2. The molecule has 2 aromatic rings. The van der Waals surface area contributed by atoms with Gasteiger partial charge in [-0.2, -0.15) is 5.10 Å². The van der Waals surface area contributed by atoms with Crippen molar-refractivity contribution in [3.63, 3.8) is 0 Å². The predicted molar refractivity (Wildman–Crippen MR) is 59.8 cm³/mol. The molecular formula is C11H16N4O. The minimum absolute atomic E-state index is 0.650. The Morgan fingerprint density at radius 2 is 2.25 bits per heavy atom. The molecule has 0 aromatic carbocycles. The van der Waals surface area contributed by atoms with Gasteiger partial charge >= 0.3 is 0 Å². The van der Waals surface area contributed by atoms with Crippen LogP contribution in [-0.2, 0) is 13.6 Å². The summed E-state index contributed by atoms with van der Waals surface area (Å²) < 4.78 is 3.65. The SMILES string of the molecule is CCCn1cncc1C(O)c1cnn(C)c1. The quantitative estimate of drug-likeness (QED) is 0.839. The summed E-state index contributed by atoms with van der Waals surface area (Å²) in [5.74, 6) is 0. The topological polar surface area (TPSA) is 55.9 Å². The third-order valence-corrected chi connectivity index (χ3v) is 2.53. The number of aliphatic hydroxyl groups is 1. The predicted octanol–water partition coefficient (Wildman–Crippen LogP) is 1.11. The molecule has 1 atom stereocenters. The number of aromatic nitrogens is 4. The Labute approximate surface area is 94.4 Å². The fraction of sp³-hybridized carbons (Fsp3) is 0.455. The fourth-order valence-corrected chi connectivity index (χ4v) is 1.74. The Hall–Kier alpha value is -1.62. The Balaban J connectivity index is 2.26. The van der Waals surface area contributed by atoms with E-state index >= 15 is 0 Å². The summed E-state index contributed by atoms with van der Waals surface area (Å²) in [5, 5.41) is 14.2. The molecule has 0 saturated heterocycles. The minimum atomic E-state index is -0.650. The van der Waals surface area contributed by atoms with Crippen LogP contribution >= 0.6 is 0 Å². The summed E-state index contributed by atoms with van der Waals surface area (Å²) in [4.78, 5) is 4.07. The molecule has 2 rings (SSSR count). The second-order valence-electron chi connectivity index (χ2n) is 3.86. The first kappa shape index (κ1) is 10.9. The molecule has 5 heteroatoms. The summed E-state index contributed by atoms with van der Waals surface area (Å²) in [6.07, 6.45) is 7.30. The van der Waals surface area contributed by atoms with Crippen molar-refractivity contribution in [3.05, 3.63) is 36.2 Å². The first-order valence-electron chi connectivity index (χ1n) is 5.39. The van der Waals surface area contributed by atoms with Gasteiger partial charge in [-0.1, -0.05) is 6.92 Å². The normalized spacial score (nSPS) is 12.9. The largest absolute Gasteiger partial charge is 0.382 e. The minimum Gasteiger partial charge on any atom is -0.382 e. The highest BCUT2D eigenvalue weighted by Gasteiger charge is 2.16. The van der Waals surface area contributed by atoms with Crippen molar-refractivity contribution in [2.45, 2.75) is 26.0 Å². The van der Waals surface area contributed by atoms with Crippen LogP contribution in [0.4, 0.5) is 0 Å². The molecule has 0 aliphatic carbocycles. The Kier molecular flexibility index (Phi) is 3.05. The zero-order valence-electron chi connectivity index (χ0n) is 9.54. The van der Waals surface area contributed by atoms with Crippen LogP contribution in [0.25, 0.3) is 0 Å². The Morgan fingerprint density at radius 3 is 2.88 bits per heavy atom. The molecule has 1 unspecified atom stereocenters. The molecule has 0 bridgehead atoms. The van der Waals surface area contributed by atoms with Crippen molar-refractivity contribution in [2.75, 3.05) is 0 Å². The van der Waals surface area contributed by atoms with Crippen molar-refractivity contribution in [3.8, 4) is 0 Å². The Bertz CT molecular complexity index is 460. The van der Waals surface area contributed by atoms with Crippen LogP contribution in [0.5, 0.6) is 0 Å². The van der Waals surface area contributed by atoms with Gasteiger partial charge in [0.25, 0.3) is 0 Å². The molecule has 86 valence electrons. The van der Waals surface area contributed by atoms with E-state index < -0.39 is 6.10 Å². The van der Waals surface area contributed by atoms with E-state index in [9.17, 15) is 5.11 Å². The van der Waals surface area contributed by atoms with Crippen molar-refractivity contribution in [2.24, 2.45) is 7.05 Å². The lowest BCUT2D eigenvalue weighted by molar-refractivity contribution is 0.209. The average molecular weight is 220 g/mol. The van der Waals surface area contributed by atoms with Gasteiger partial charge in [0.1, 0.15) is 6.10 Å². The van der Waals surface area contributed by atoms with Gasteiger partial charge in [0.2, 0.25) is 0 Å². The standard InChI is InChI=1S/C11H16N4O/c1-3-4-15-8-12-6-10(15)11(16)9-5-13-14(2)7-9/h5-8,11,16H,3-4H2,1-2H3. The van der Waals surface area contributed by atoms with E-state index in [0.717, 1.165) is 24.2 Å². The van der Waals surface area contributed by atoms with Gasteiger partial charge in [-0.15, -0.1) is 0 Å². The molecule has 0 amide bonds. The maximum Gasteiger partial charge on any atom is 0.124 e. The van der Waals surface area contributed by atoms with E-state index in [1.54, 1.807) is 23.4 Å². The van der Waals surface area contributed by atoms with Crippen LogP contribution in [-0.4, -0.2) is 24.4 Å². The lowest BCUT2D eigenvalue weighted by Gasteiger charge is -2.11. The molecule has 0 fully saturated rings. The molecule has 5 nitrogen and oxygen atoms in total. The summed E-state index contributed by atoms with van der Waals surface area (Å²) in [6, 6.07) is 0. The molecule has 0 spiro atoms. The molecule has 0 aliphatic rings. The van der Waals surface area contributed by atoms with Gasteiger partial charge in [-0.05, 0) is 6.42 Å². The van der Waals surface area contributed by atoms with E-state index in [-0.39, 0.29) is 0 Å². The monoisotopic (exact) mass is 220 g/mol. The second-order valence-corrected chi connectivity index (χ2v) is 3.86. The summed E-state index contributed by atoms with van der Waals surface area (Å²) in [5.41, 5.74) is 1.61. The van der Waals surface area contributed by atoms with E-state index in [2.05, 4.69) is 17.0 Å². The zero-order chi connectivity index (χ0) is 11.5. The van der Waals surface area contributed by atoms with Gasteiger partial charge in [0, 0.05) is 25.4 Å². The highest BCUT2D eigenvalue weighted by atomic mass is 16.3. The second kappa shape index (κ2) is 4.49. The number of rotatable bonds is 4. The zero-order valence-corrected chi connectivity index (χ0v) is 9.54. The highest BCUT2D eigenvalue weighted by molar-refractivity contribution is 5.20. The van der Waals surface area contributed by atoms with Gasteiger partial charge in [-0.25, -0.2) is 4.98 Å². The molecule has 0 aliphatic heterocycles. The van der Waals surface area contributed by atoms with E-state index in [0.29, 0.717) is 0 Å². The van der Waals surface area contributed by atoms with Crippen LogP contribution in [0.2, 0.25) is 0 Å². The number of aryl methyl sites for hydroxylation is 2. The van der Waals surface area contributed by atoms with Crippen molar-refractivity contribution in [1.82, 2.24) is 19.3 Å². The molecule has 2 heterocycles. The number of nitrogens with zero attached hydrogens (tertiary/aromatic N) is 4. The highest BCUT2D eigenvalue weighted by Crippen LogP contribution is 2.20. The number of aliphatic hydroxyl groups excluding tert-OH is 1. The van der Waals surface area contributed by atoms with Gasteiger partial charge < -0.3 is 9.67 Å². The lowest BCUT2D eigenvalue weighted by atomic mass is 10.1. The first-order valence-corrected chi connectivity index (χ1v) is 5.39. The fourth-order valence-electron chi connectivity index (χ4n) is 1.74. The van der Waals surface area contributed by atoms with E-state index in [4.69, 9.17) is 0 Å². The number of imidazole rings is 1. The number of hydrogen-bond donors (Lipinski definition) is 1. The smallest absolute Gasteiger partial charge is 0.124 e. The lowest BCUT2D eigenvalue weighted by Crippen LogP contribution is -2.07. The number of hydrogen-bond acceptors (Lipinski definition) is 3. The Morgan fingerprint density at radius 1 is 1.44 bits per heavy atom. The third kappa shape index (κ3) is 1.99. The summed E-state index contributed by atoms with van der Waals surface area (Å²) in [6.45, 7) is 2.97. The van der Waals surface area contributed by atoms with E-state index in [1.807, 2.05) is 17.8 Å². The first-order chi connectivity index (χ1) is 7.72. The maximum absolute atomic E-state index is 10.2. The van der Waals surface area contributed by atoms with Gasteiger partial charge in [0.05, 0.1) is 24.4 Å². The van der Waals surface area contributed by atoms with Crippen LogP contribution in [0.1, 0.15) is 30.7 Å². The molecule has 2 aromatic heterocycles. The molecule has 0 saturated carbocycles.